The van der Waals surface area contributed by atoms with Crippen LogP contribution in [0.3, 0.4) is 0 Å². The molecule has 0 fully saturated rings. The first-order chi connectivity index (χ1) is 10.5. The van der Waals surface area contributed by atoms with Crippen molar-refractivity contribution in [1.29, 1.82) is 0 Å². The fourth-order valence-electron chi connectivity index (χ4n) is 1.49. The van der Waals surface area contributed by atoms with Crippen LogP contribution >= 0.6 is 22.9 Å². The predicted molar refractivity (Wildman–Crippen MR) is 84.4 cm³/mol. The van der Waals surface area contributed by atoms with Crippen LogP contribution in [-0.2, 0) is 14.3 Å². The van der Waals surface area contributed by atoms with Crippen LogP contribution in [0.1, 0.15) is 5.56 Å². The molecule has 1 amide bonds. The molecular formula is C15H11ClFNO3S. The molecule has 0 radical (unpaired) electrons. The van der Waals surface area contributed by atoms with Crippen LogP contribution in [0.4, 0.5) is 10.1 Å². The number of carbonyl (C=O) groups is 2. The van der Waals surface area contributed by atoms with E-state index in [1.807, 2.05) is 16.8 Å². The van der Waals surface area contributed by atoms with E-state index in [2.05, 4.69) is 5.32 Å². The minimum absolute atomic E-state index is 0.103. The Kier molecular flexibility index (Phi) is 5.68. The smallest absolute Gasteiger partial charge is 0.331 e. The molecule has 2 rings (SSSR count). The molecule has 0 spiro atoms. The van der Waals surface area contributed by atoms with Gasteiger partial charge >= 0.3 is 5.97 Å². The second-order valence-corrected chi connectivity index (χ2v) is 5.36. The van der Waals surface area contributed by atoms with Gasteiger partial charge in [-0.2, -0.15) is 11.3 Å². The molecule has 0 saturated heterocycles. The molecule has 4 nitrogen and oxygen atoms in total. The maximum Gasteiger partial charge on any atom is 0.331 e. The summed E-state index contributed by atoms with van der Waals surface area (Å²) in [5.74, 6) is -1.75. The second kappa shape index (κ2) is 7.72. The lowest BCUT2D eigenvalue weighted by Gasteiger charge is -2.06. The fourth-order valence-corrected chi connectivity index (χ4v) is 2.30. The van der Waals surface area contributed by atoms with Crippen LogP contribution in [0.5, 0.6) is 0 Å². The largest absolute Gasteiger partial charge is 0.452 e. The lowest BCUT2D eigenvalue weighted by atomic mass is 10.3. The van der Waals surface area contributed by atoms with Gasteiger partial charge in [0.25, 0.3) is 5.91 Å². The Morgan fingerprint density at radius 1 is 1.36 bits per heavy atom. The van der Waals surface area contributed by atoms with E-state index in [9.17, 15) is 14.0 Å². The number of thiophene rings is 1. The first-order valence-corrected chi connectivity index (χ1v) is 7.48. The first kappa shape index (κ1) is 16.2. The molecule has 0 saturated carbocycles. The highest BCUT2D eigenvalue weighted by Crippen LogP contribution is 2.19. The molecule has 1 N–H and O–H groups in total. The maximum absolute atomic E-state index is 13.0. The van der Waals surface area contributed by atoms with Gasteiger partial charge in [0.05, 0.1) is 5.02 Å². The van der Waals surface area contributed by atoms with Crippen molar-refractivity contribution in [2.45, 2.75) is 0 Å². The average molecular weight is 340 g/mol. The van der Waals surface area contributed by atoms with E-state index in [4.69, 9.17) is 16.3 Å². The van der Waals surface area contributed by atoms with Crippen molar-refractivity contribution in [2.75, 3.05) is 11.9 Å². The number of rotatable bonds is 5. The Morgan fingerprint density at radius 3 is 2.86 bits per heavy atom. The zero-order valence-corrected chi connectivity index (χ0v) is 12.8. The number of hydrogen-bond acceptors (Lipinski definition) is 4. The van der Waals surface area contributed by atoms with Crippen molar-refractivity contribution in [1.82, 2.24) is 0 Å². The average Bonchev–Trinajstić information content (AvgIpc) is 3.00. The minimum atomic E-state index is -0.626. The van der Waals surface area contributed by atoms with Gasteiger partial charge < -0.3 is 10.1 Å². The summed E-state index contributed by atoms with van der Waals surface area (Å²) >= 11 is 7.10. The number of hydrogen-bond donors (Lipinski definition) is 1. The normalized spacial score (nSPS) is 10.6. The van der Waals surface area contributed by atoms with Gasteiger partial charge in [0.1, 0.15) is 5.82 Å². The van der Waals surface area contributed by atoms with Crippen LogP contribution in [0, 0.1) is 5.82 Å². The van der Waals surface area contributed by atoms with E-state index in [1.54, 1.807) is 6.08 Å². The molecule has 0 atom stereocenters. The molecule has 1 heterocycles. The van der Waals surface area contributed by atoms with E-state index in [-0.39, 0.29) is 5.02 Å². The number of carbonyl (C=O) groups excluding carboxylic acids is 2. The van der Waals surface area contributed by atoms with Crippen LogP contribution in [0.15, 0.2) is 41.1 Å². The van der Waals surface area contributed by atoms with Crippen LogP contribution in [0.2, 0.25) is 5.02 Å². The second-order valence-electron chi connectivity index (χ2n) is 4.17. The van der Waals surface area contributed by atoms with Gasteiger partial charge in [-0.1, -0.05) is 11.6 Å². The van der Waals surface area contributed by atoms with Gasteiger partial charge in [-0.25, -0.2) is 9.18 Å². The molecule has 1 aromatic heterocycles. The number of nitrogens with one attached hydrogen (secondary N) is 1. The summed E-state index contributed by atoms with van der Waals surface area (Å²) in [6, 6.07) is 5.61. The molecule has 0 aliphatic heterocycles. The number of esters is 1. The van der Waals surface area contributed by atoms with Crippen molar-refractivity contribution in [3.05, 3.63) is 57.5 Å². The third-order valence-corrected chi connectivity index (χ3v) is 3.50. The highest BCUT2D eigenvalue weighted by Gasteiger charge is 2.07. The van der Waals surface area contributed by atoms with Crippen molar-refractivity contribution < 1.29 is 18.7 Å². The van der Waals surface area contributed by atoms with Crippen LogP contribution < -0.4 is 5.32 Å². The van der Waals surface area contributed by atoms with Gasteiger partial charge in [0.2, 0.25) is 0 Å². The summed E-state index contributed by atoms with van der Waals surface area (Å²) in [5, 5.41) is 6.09. The zero-order valence-electron chi connectivity index (χ0n) is 11.2. The monoisotopic (exact) mass is 339 g/mol. The number of amides is 1. The van der Waals surface area contributed by atoms with Gasteiger partial charge in [0, 0.05) is 11.8 Å². The third kappa shape index (κ3) is 4.98. The first-order valence-electron chi connectivity index (χ1n) is 6.16. The zero-order chi connectivity index (χ0) is 15.9. The molecule has 2 aromatic rings. The Hall–Kier alpha value is -2.18. The number of ether oxygens (including phenoxy) is 1. The molecule has 0 aliphatic carbocycles. The standard InChI is InChI=1S/C15H11ClFNO3S/c16-12-7-11(2-3-13(12)17)18-14(19)8-21-15(20)4-1-10-5-6-22-9-10/h1-7,9H,8H2,(H,18,19)/b4-1+. The van der Waals surface area contributed by atoms with E-state index in [0.717, 1.165) is 11.6 Å². The maximum atomic E-state index is 13.0. The summed E-state index contributed by atoms with van der Waals surface area (Å²) in [6.07, 6.45) is 2.83. The van der Waals surface area contributed by atoms with Crippen molar-refractivity contribution >= 4 is 46.6 Å². The number of halogens is 2. The predicted octanol–water partition coefficient (Wildman–Crippen LogP) is 3.74. The molecular weight excluding hydrogens is 329 g/mol. The fraction of sp³-hybridized carbons (Fsp3) is 0.0667. The summed E-state index contributed by atoms with van der Waals surface area (Å²) in [7, 11) is 0. The molecule has 0 unspecified atom stereocenters. The molecule has 0 bridgehead atoms. The molecule has 22 heavy (non-hydrogen) atoms. The molecule has 0 aliphatic rings. The Morgan fingerprint density at radius 2 is 2.18 bits per heavy atom. The highest BCUT2D eigenvalue weighted by molar-refractivity contribution is 7.08. The summed E-state index contributed by atoms with van der Waals surface area (Å²) in [6.45, 7) is -0.443. The minimum Gasteiger partial charge on any atom is -0.452 e. The molecule has 1 aromatic carbocycles. The molecule has 114 valence electrons. The Bertz CT molecular complexity index is 701. The van der Waals surface area contributed by atoms with Gasteiger partial charge in [0.15, 0.2) is 6.61 Å². The summed E-state index contributed by atoms with van der Waals surface area (Å²) in [5.41, 5.74) is 1.20. The van der Waals surface area contributed by atoms with Gasteiger partial charge in [-0.05, 0) is 46.7 Å². The van der Waals surface area contributed by atoms with Crippen molar-refractivity contribution in [3.63, 3.8) is 0 Å². The van der Waals surface area contributed by atoms with E-state index >= 15 is 0 Å². The lowest BCUT2D eigenvalue weighted by Crippen LogP contribution is -2.20. The van der Waals surface area contributed by atoms with Crippen LogP contribution in [0.25, 0.3) is 6.08 Å². The number of benzene rings is 1. The van der Waals surface area contributed by atoms with Gasteiger partial charge in [-0.15, -0.1) is 0 Å². The summed E-state index contributed by atoms with van der Waals surface area (Å²) in [4.78, 5) is 23.0. The van der Waals surface area contributed by atoms with Gasteiger partial charge in [-0.3, -0.25) is 4.79 Å². The summed E-state index contributed by atoms with van der Waals surface area (Å²) < 4.78 is 17.8. The van der Waals surface area contributed by atoms with E-state index < -0.39 is 24.3 Å². The lowest BCUT2D eigenvalue weighted by molar-refractivity contribution is -0.142. The quantitative estimate of drug-likeness (QED) is 0.667. The number of anilines is 1. The third-order valence-electron chi connectivity index (χ3n) is 2.50. The van der Waals surface area contributed by atoms with E-state index in [0.29, 0.717) is 5.69 Å². The Labute approximate surface area is 135 Å². The topological polar surface area (TPSA) is 55.4 Å². The van der Waals surface area contributed by atoms with Crippen molar-refractivity contribution in [2.24, 2.45) is 0 Å². The SMILES string of the molecule is O=C(COC(=O)/C=C/c1ccsc1)Nc1ccc(F)c(Cl)c1. The Balaban J connectivity index is 1.79. The van der Waals surface area contributed by atoms with Crippen LogP contribution in [-0.4, -0.2) is 18.5 Å². The highest BCUT2D eigenvalue weighted by atomic mass is 35.5. The van der Waals surface area contributed by atoms with Crippen molar-refractivity contribution in [3.8, 4) is 0 Å². The molecule has 7 heteroatoms. The van der Waals surface area contributed by atoms with E-state index in [1.165, 1.54) is 29.5 Å².